The van der Waals surface area contributed by atoms with Crippen LogP contribution < -0.4 is 5.32 Å². The van der Waals surface area contributed by atoms with Crippen molar-refractivity contribution in [2.45, 2.75) is 77.3 Å². The van der Waals surface area contributed by atoms with E-state index < -0.39 is 0 Å². The number of hydrogen-bond acceptors (Lipinski definition) is 1. The van der Waals surface area contributed by atoms with Crippen LogP contribution in [-0.4, -0.2) is 12.1 Å². The van der Waals surface area contributed by atoms with E-state index in [0.717, 1.165) is 23.9 Å². The summed E-state index contributed by atoms with van der Waals surface area (Å²) < 4.78 is 0. The highest BCUT2D eigenvalue weighted by Crippen LogP contribution is 2.29. The highest BCUT2D eigenvalue weighted by Gasteiger charge is 2.27. The third-order valence-electron chi connectivity index (χ3n) is 4.70. The SMILES string of the molecule is CC1CCCC1NC(C)C1CCCCC1. The summed E-state index contributed by atoms with van der Waals surface area (Å²) in [5.41, 5.74) is 0. The van der Waals surface area contributed by atoms with Crippen LogP contribution in [-0.2, 0) is 0 Å². The minimum absolute atomic E-state index is 0.760. The molecule has 2 rings (SSSR count). The van der Waals surface area contributed by atoms with Crippen LogP contribution in [0.15, 0.2) is 0 Å². The molecule has 1 heteroatoms. The van der Waals surface area contributed by atoms with Gasteiger partial charge in [0.05, 0.1) is 0 Å². The summed E-state index contributed by atoms with van der Waals surface area (Å²) in [6.45, 7) is 4.83. The van der Waals surface area contributed by atoms with Crippen LogP contribution in [0.25, 0.3) is 0 Å². The smallest absolute Gasteiger partial charge is 0.00952 e. The first-order valence-corrected chi connectivity index (χ1v) is 7.03. The number of nitrogens with one attached hydrogen (secondary N) is 1. The summed E-state index contributed by atoms with van der Waals surface area (Å²) in [6, 6.07) is 1.58. The molecule has 0 amide bonds. The molecule has 0 aromatic heterocycles. The van der Waals surface area contributed by atoms with Gasteiger partial charge in [-0.15, -0.1) is 0 Å². The first kappa shape index (κ1) is 11.4. The summed E-state index contributed by atoms with van der Waals surface area (Å²) in [5, 5.41) is 3.90. The maximum atomic E-state index is 3.90. The normalized spacial score (nSPS) is 35.6. The third kappa shape index (κ3) is 2.96. The van der Waals surface area contributed by atoms with Crippen LogP contribution in [0, 0.1) is 11.8 Å². The zero-order valence-corrected chi connectivity index (χ0v) is 10.5. The van der Waals surface area contributed by atoms with E-state index in [9.17, 15) is 0 Å². The molecule has 2 aliphatic rings. The Morgan fingerprint density at radius 1 is 0.933 bits per heavy atom. The van der Waals surface area contributed by atoms with E-state index in [1.807, 2.05) is 0 Å². The van der Waals surface area contributed by atoms with Crippen molar-refractivity contribution >= 4 is 0 Å². The Bertz CT molecular complexity index is 184. The highest BCUT2D eigenvalue weighted by atomic mass is 15.0. The maximum absolute atomic E-state index is 3.90. The zero-order chi connectivity index (χ0) is 10.7. The van der Waals surface area contributed by atoms with Crippen molar-refractivity contribution in [3.8, 4) is 0 Å². The minimum Gasteiger partial charge on any atom is -0.311 e. The van der Waals surface area contributed by atoms with Gasteiger partial charge in [0.15, 0.2) is 0 Å². The van der Waals surface area contributed by atoms with Gasteiger partial charge in [-0.05, 0) is 44.4 Å². The fourth-order valence-corrected chi connectivity index (χ4v) is 3.50. The fourth-order valence-electron chi connectivity index (χ4n) is 3.50. The van der Waals surface area contributed by atoms with Crippen molar-refractivity contribution in [1.29, 1.82) is 0 Å². The van der Waals surface area contributed by atoms with Gasteiger partial charge in [0.25, 0.3) is 0 Å². The van der Waals surface area contributed by atoms with Crippen LogP contribution in [0.5, 0.6) is 0 Å². The molecule has 0 aromatic rings. The largest absolute Gasteiger partial charge is 0.311 e. The molecule has 1 N–H and O–H groups in total. The van der Waals surface area contributed by atoms with E-state index in [1.165, 1.54) is 51.4 Å². The predicted molar refractivity (Wildman–Crippen MR) is 66.0 cm³/mol. The van der Waals surface area contributed by atoms with E-state index in [0.29, 0.717) is 0 Å². The monoisotopic (exact) mass is 209 g/mol. The van der Waals surface area contributed by atoms with Gasteiger partial charge in [-0.3, -0.25) is 0 Å². The van der Waals surface area contributed by atoms with E-state index in [-0.39, 0.29) is 0 Å². The Morgan fingerprint density at radius 2 is 1.67 bits per heavy atom. The van der Waals surface area contributed by atoms with Gasteiger partial charge in [0.2, 0.25) is 0 Å². The first-order chi connectivity index (χ1) is 7.27. The Hall–Kier alpha value is -0.0400. The van der Waals surface area contributed by atoms with Gasteiger partial charge < -0.3 is 5.32 Å². The molecule has 1 nitrogen and oxygen atoms in total. The second kappa shape index (κ2) is 5.34. The van der Waals surface area contributed by atoms with Crippen molar-refractivity contribution in [3.63, 3.8) is 0 Å². The predicted octanol–water partition coefficient (Wildman–Crippen LogP) is 3.73. The van der Waals surface area contributed by atoms with E-state index in [2.05, 4.69) is 19.2 Å². The Labute approximate surface area is 95.0 Å². The lowest BCUT2D eigenvalue weighted by Crippen LogP contribution is -2.42. The third-order valence-corrected chi connectivity index (χ3v) is 4.70. The molecule has 0 spiro atoms. The molecule has 15 heavy (non-hydrogen) atoms. The summed E-state index contributed by atoms with van der Waals surface area (Å²) in [4.78, 5) is 0. The van der Waals surface area contributed by atoms with Gasteiger partial charge in [-0.1, -0.05) is 32.6 Å². The van der Waals surface area contributed by atoms with Gasteiger partial charge in [-0.2, -0.15) is 0 Å². The summed E-state index contributed by atoms with van der Waals surface area (Å²) in [6.07, 6.45) is 11.6. The van der Waals surface area contributed by atoms with Crippen molar-refractivity contribution in [3.05, 3.63) is 0 Å². The van der Waals surface area contributed by atoms with Crippen LogP contribution in [0.2, 0.25) is 0 Å². The molecule has 2 aliphatic carbocycles. The Balaban J connectivity index is 1.77. The van der Waals surface area contributed by atoms with Gasteiger partial charge in [0.1, 0.15) is 0 Å². The second-order valence-corrected chi connectivity index (χ2v) is 5.87. The molecule has 0 heterocycles. The average molecular weight is 209 g/mol. The molecule has 3 atom stereocenters. The standard InChI is InChI=1S/C14H27N/c1-11-7-6-10-14(11)15-12(2)13-8-4-3-5-9-13/h11-15H,3-10H2,1-2H3. The molecule has 2 fully saturated rings. The van der Waals surface area contributed by atoms with E-state index in [4.69, 9.17) is 0 Å². The first-order valence-electron chi connectivity index (χ1n) is 7.03. The van der Waals surface area contributed by atoms with Crippen LogP contribution in [0.4, 0.5) is 0 Å². The maximum Gasteiger partial charge on any atom is 0.00952 e. The van der Waals surface area contributed by atoms with Crippen LogP contribution >= 0.6 is 0 Å². The number of rotatable bonds is 3. The molecule has 0 aliphatic heterocycles. The molecule has 2 saturated carbocycles. The lowest BCUT2D eigenvalue weighted by atomic mass is 9.84. The van der Waals surface area contributed by atoms with E-state index >= 15 is 0 Å². The Kier molecular flexibility index (Phi) is 4.07. The minimum atomic E-state index is 0.760. The molecule has 3 unspecified atom stereocenters. The molecule has 0 aromatic carbocycles. The fraction of sp³-hybridized carbons (Fsp3) is 1.00. The van der Waals surface area contributed by atoms with Crippen LogP contribution in [0.1, 0.15) is 65.2 Å². The summed E-state index contributed by atoms with van der Waals surface area (Å²) in [5.74, 6) is 1.88. The number of hydrogen-bond donors (Lipinski definition) is 1. The van der Waals surface area contributed by atoms with Gasteiger partial charge in [0, 0.05) is 12.1 Å². The average Bonchev–Trinajstić information content (AvgIpc) is 2.66. The van der Waals surface area contributed by atoms with Gasteiger partial charge in [-0.25, -0.2) is 0 Å². The van der Waals surface area contributed by atoms with Crippen molar-refractivity contribution in [1.82, 2.24) is 5.32 Å². The van der Waals surface area contributed by atoms with E-state index in [1.54, 1.807) is 0 Å². The van der Waals surface area contributed by atoms with Gasteiger partial charge >= 0.3 is 0 Å². The highest BCUT2D eigenvalue weighted by molar-refractivity contribution is 4.85. The van der Waals surface area contributed by atoms with Crippen molar-refractivity contribution < 1.29 is 0 Å². The second-order valence-electron chi connectivity index (χ2n) is 5.87. The molecule has 0 radical (unpaired) electrons. The molecule has 0 saturated heterocycles. The van der Waals surface area contributed by atoms with Crippen molar-refractivity contribution in [2.24, 2.45) is 11.8 Å². The molecule has 0 bridgehead atoms. The summed E-state index contributed by atoms with van der Waals surface area (Å²) >= 11 is 0. The lowest BCUT2D eigenvalue weighted by Gasteiger charge is -2.31. The topological polar surface area (TPSA) is 12.0 Å². The zero-order valence-electron chi connectivity index (χ0n) is 10.5. The van der Waals surface area contributed by atoms with Crippen LogP contribution in [0.3, 0.4) is 0 Å². The lowest BCUT2D eigenvalue weighted by molar-refractivity contribution is 0.251. The molecular weight excluding hydrogens is 182 g/mol. The summed E-state index contributed by atoms with van der Waals surface area (Å²) in [7, 11) is 0. The molecule has 88 valence electrons. The quantitative estimate of drug-likeness (QED) is 0.747. The Morgan fingerprint density at radius 3 is 2.27 bits per heavy atom. The molecular formula is C14H27N. The van der Waals surface area contributed by atoms with Crippen molar-refractivity contribution in [2.75, 3.05) is 0 Å².